The third kappa shape index (κ3) is 5.84. The molecule has 0 atom stereocenters. The van der Waals surface area contributed by atoms with Gasteiger partial charge in [-0.25, -0.2) is 4.98 Å². The first-order valence-corrected chi connectivity index (χ1v) is 11.1. The topological polar surface area (TPSA) is 116 Å². The van der Waals surface area contributed by atoms with Crippen LogP contribution >= 0.6 is 39.0 Å². The van der Waals surface area contributed by atoms with Crippen LogP contribution in [0.15, 0.2) is 38.1 Å². The number of aromatic nitrogens is 4. The third-order valence-electron chi connectivity index (χ3n) is 3.64. The van der Waals surface area contributed by atoms with Crippen molar-refractivity contribution in [2.75, 3.05) is 17.7 Å². The second kappa shape index (κ2) is 9.94. The van der Waals surface area contributed by atoms with E-state index >= 15 is 0 Å². The quantitative estimate of drug-likeness (QED) is 0.286. The monoisotopic (exact) mass is 497 g/mol. The number of carbonyl (C=O) groups excluding carboxylic acids is 2. The minimum absolute atomic E-state index is 0.0754. The maximum absolute atomic E-state index is 12.5. The first-order chi connectivity index (χ1) is 14.0. The molecule has 12 heteroatoms. The largest absolute Gasteiger partial charge is 0.465 e. The summed E-state index contributed by atoms with van der Waals surface area (Å²) in [5, 5.41) is 11.2. The first kappa shape index (κ1) is 21.4. The van der Waals surface area contributed by atoms with Crippen LogP contribution in [-0.2, 0) is 20.9 Å². The van der Waals surface area contributed by atoms with Gasteiger partial charge < -0.3 is 10.1 Å². The number of rotatable bonds is 8. The Morgan fingerprint density at radius 1 is 1.34 bits per heavy atom. The summed E-state index contributed by atoms with van der Waals surface area (Å²) in [6.07, 6.45) is 1.51. The second-order valence-electron chi connectivity index (χ2n) is 5.67. The summed E-state index contributed by atoms with van der Waals surface area (Å²) in [7, 11) is 0. The number of aryl methyl sites for hydroxylation is 1. The van der Waals surface area contributed by atoms with Crippen LogP contribution in [0, 0.1) is 0 Å². The Morgan fingerprint density at radius 2 is 2.17 bits per heavy atom. The van der Waals surface area contributed by atoms with Crippen molar-refractivity contribution in [3.63, 3.8) is 0 Å². The lowest BCUT2D eigenvalue weighted by Crippen LogP contribution is -2.23. The van der Waals surface area contributed by atoms with E-state index in [9.17, 15) is 14.4 Å². The van der Waals surface area contributed by atoms with Crippen molar-refractivity contribution in [1.29, 1.82) is 0 Å². The van der Waals surface area contributed by atoms with Crippen LogP contribution in [0.4, 0.5) is 5.13 Å². The average Bonchev–Trinajstić information content (AvgIpc) is 3.14. The van der Waals surface area contributed by atoms with E-state index in [-0.39, 0.29) is 36.2 Å². The highest BCUT2D eigenvalue weighted by Crippen LogP contribution is 2.25. The first-order valence-electron chi connectivity index (χ1n) is 8.52. The number of benzene rings is 1. The van der Waals surface area contributed by atoms with E-state index in [2.05, 4.69) is 36.4 Å². The Labute approximate surface area is 182 Å². The number of esters is 1. The number of anilines is 1. The zero-order valence-electron chi connectivity index (χ0n) is 15.3. The molecule has 0 radical (unpaired) electrons. The lowest BCUT2D eigenvalue weighted by molar-refractivity contribution is -0.139. The van der Waals surface area contributed by atoms with Gasteiger partial charge in [0.15, 0.2) is 4.34 Å². The van der Waals surface area contributed by atoms with Gasteiger partial charge in [-0.1, -0.05) is 39.0 Å². The smallest absolute Gasteiger partial charge is 0.316 e. The summed E-state index contributed by atoms with van der Waals surface area (Å²) in [4.78, 5) is 40.3. The maximum Gasteiger partial charge on any atom is 0.316 e. The lowest BCUT2D eigenvalue weighted by atomic mass is 10.2. The van der Waals surface area contributed by atoms with Gasteiger partial charge in [0, 0.05) is 17.4 Å². The van der Waals surface area contributed by atoms with E-state index in [1.165, 1.54) is 22.7 Å². The summed E-state index contributed by atoms with van der Waals surface area (Å²) in [6, 6.07) is 5.27. The van der Waals surface area contributed by atoms with Crippen molar-refractivity contribution in [2.45, 2.75) is 24.2 Å². The highest BCUT2D eigenvalue weighted by molar-refractivity contribution is 9.10. The van der Waals surface area contributed by atoms with Crippen molar-refractivity contribution < 1.29 is 14.3 Å². The van der Waals surface area contributed by atoms with Crippen LogP contribution in [0.3, 0.4) is 0 Å². The molecule has 0 aliphatic rings. The van der Waals surface area contributed by atoms with Gasteiger partial charge >= 0.3 is 5.97 Å². The molecule has 0 aliphatic carbocycles. The number of nitrogens with zero attached hydrogens (tertiary/aromatic N) is 4. The van der Waals surface area contributed by atoms with Crippen molar-refractivity contribution in [2.24, 2.45) is 0 Å². The molecule has 152 valence electrons. The molecule has 1 aromatic carbocycles. The highest BCUT2D eigenvalue weighted by Gasteiger charge is 2.12. The molecule has 0 fully saturated rings. The van der Waals surface area contributed by atoms with Gasteiger partial charge in [0.25, 0.3) is 5.56 Å². The molecule has 3 rings (SSSR count). The van der Waals surface area contributed by atoms with Gasteiger partial charge in [0.1, 0.15) is 0 Å². The van der Waals surface area contributed by atoms with Crippen LogP contribution in [-0.4, -0.2) is 44.0 Å². The molecule has 0 saturated heterocycles. The van der Waals surface area contributed by atoms with Crippen molar-refractivity contribution in [3.8, 4) is 0 Å². The number of halogens is 1. The molecule has 29 heavy (non-hydrogen) atoms. The predicted molar refractivity (Wildman–Crippen MR) is 114 cm³/mol. The van der Waals surface area contributed by atoms with Crippen LogP contribution in [0.1, 0.15) is 13.3 Å². The molecule has 9 nitrogen and oxygen atoms in total. The van der Waals surface area contributed by atoms with Gasteiger partial charge in [-0.2, -0.15) is 0 Å². The molecule has 0 spiro atoms. The van der Waals surface area contributed by atoms with Crippen LogP contribution in [0.25, 0.3) is 10.9 Å². The fourth-order valence-corrected chi connectivity index (χ4v) is 4.26. The Kier molecular flexibility index (Phi) is 7.34. The Balaban J connectivity index is 1.55. The Hall–Kier alpha value is -2.31. The Bertz CT molecular complexity index is 1100. The van der Waals surface area contributed by atoms with Gasteiger partial charge in [-0.3, -0.25) is 19.0 Å². The SMILES string of the molecule is CCOC(=O)CSc1nnc(NC(=O)CCn2cnc3ccc(Br)cc3c2=O)s1. The minimum Gasteiger partial charge on any atom is -0.465 e. The fourth-order valence-electron chi connectivity index (χ4n) is 2.34. The molecule has 0 bridgehead atoms. The van der Waals surface area contributed by atoms with E-state index in [0.29, 0.717) is 27.0 Å². The van der Waals surface area contributed by atoms with E-state index in [1.807, 2.05) is 6.07 Å². The molecular formula is C17H16BrN5O4S2. The second-order valence-corrected chi connectivity index (χ2v) is 8.79. The zero-order valence-corrected chi connectivity index (χ0v) is 18.5. The normalized spacial score (nSPS) is 10.8. The number of hydrogen-bond donors (Lipinski definition) is 1. The number of amides is 1. The van der Waals surface area contributed by atoms with E-state index in [1.54, 1.807) is 19.1 Å². The van der Waals surface area contributed by atoms with Crippen molar-refractivity contribution in [1.82, 2.24) is 19.7 Å². The maximum atomic E-state index is 12.5. The number of thioether (sulfide) groups is 1. The standard InChI is InChI=1S/C17H16BrN5O4S2/c1-2-27-14(25)8-28-17-22-21-16(29-17)20-13(24)5-6-23-9-19-12-4-3-10(18)7-11(12)15(23)26/h3-4,7,9H,2,5-6,8H2,1H3,(H,20,21,24). The summed E-state index contributed by atoms with van der Waals surface area (Å²) < 4.78 is 7.58. The van der Waals surface area contributed by atoms with Crippen molar-refractivity contribution in [3.05, 3.63) is 39.4 Å². The summed E-state index contributed by atoms with van der Waals surface area (Å²) in [5.41, 5.74) is 0.387. The molecular weight excluding hydrogens is 482 g/mol. The number of hydrogen-bond acceptors (Lipinski definition) is 9. The molecule has 1 amide bonds. The minimum atomic E-state index is -0.334. The number of carbonyl (C=O) groups is 2. The van der Waals surface area contributed by atoms with Crippen LogP contribution in [0.5, 0.6) is 0 Å². The molecule has 2 aromatic heterocycles. The van der Waals surface area contributed by atoms with Gasteiger partial charge in [-0.15, -0.1) is 10.2 Å². The summed E-state index contributed by atoms with van der Waals surface area (Å²) in [5.74, 6) is -0.506. The fraction of sp³-hybridized carbons (Fsp3) is 0.294. The van der Waals surface area contributed by atoms with E-state index in [4.69, 9.17) is 4.74 Å². The molecule has 1 N–H and O–H groups in total. The van der Waals surface area contributed by atoms with Gasteiger partial charge in [-0.05, 0) is 25.1 Å². The zero-order chi connectivity index (χ0) is 20.8. The molecule has 3 aromatic rings. The average molecular weight is 498 g/mol. The number of fused-ring (bicyclic) bond motifs is 1. The van der Waals surface area contributed by atoms with Gasteiger partial charge in [0.05, 0.1) is 29.6 Å². The predicted octanol–water partition coefficient (Wildman–Crippen LogP) is 2.69. The van der Waals surface area contributed by atoms with E-state index in [0.717, 1.165) is 15.8 Å². The number of nitrogens with one attached hydrogen (secondary N) is 1. The van der Waals surface area contributed by atoms with Crippen LogP contribution in [0.2, 0.25) is 0 Å². The molecule has 0 unspecified atom stereocenters. The molecule has 0 saturated carbocycles. The lowest BCUT2D eigenvalue weighted by Gasteiger charge is -2.06. The third-order valence-corrected chi connectivity index (χ3v) is 6.08. The number of ether oxygens (including phenoxy) is 1. The van der Waals surface area contributed by atoms with Crippen molar-refractivity contribution >= 4 is 66.9 Å². The van der Waals surface area contributed by atoms with Gasteiger partial charge in [0.2, 0.25) is 11.0 Å². The molecule has 0 aliphatic heterocycles. The van der Waals surface area contributed by atoms with E-state index < -0.39 is 0 Å². The summed E-state index contributed by atoms with van der Waals surface area (Å²) in [6.45, 7) is 2.25. The highest BCUT2D eigenvalue weighted by atomic mass is 79.9. The molecule has 2 heterocycles. The van der Waals surface area contributed by atoms with Crippen LogP contribution < -0.4 is 10.9 Å². The Morgan fingerprint density at radius 3 is 2.97 bits per heavy atom. The summed E-state index contributed by atoms with van der Waals surface area (Å²) >= 11 is 5.70.